The van der Waals surface area contributed by atoms with Crippen LogP contribution in [-0.4, -0.2) is 73.8 Å². The molecule has 1 aromatic carbocycles. The molecule has 1 aromatic heterocycles. The van der Waals surface area contributed by atoms with Crippen molar-refractivity contribution in [3.8, 4) is 6.01 Å². The Bertz CT molecular complexity index is 1150. The number of halogens is 4. The van der Waals surface area contributed by atoms with E-state index >= 15 is 0 Å². The van der Waals surface area contributed by atoms with E-state index in [9.17, 15) is 13.2 Å². The maximum Gasteiger partial charge on any atom is 0.419 e. The minimum absolute atomic E-state index is 0.0347. The first kappa shape index (κ1) is 30.5. The first-order valence-corrected chi connectivity index (χ1v) is 14.5. The Morgan fingerprint density at radius 2 is 1.68 bits per heavy atom. The molecular formula is C28H41ClF3N7O. The summed E-state index contributed by atoms with van der Waals surface area (Å²) in [6.45, 7) is 8.88. The van der Waals surface area contributed by atoms with Crippen LogP contribution in [0.5, 0.6) is 6.01 Å². The molecule has 4 aliphatic heterocycles. The Morgan fingerprint density at radius 1 is 1.02 bits per heavy atom. The summed E-state index contributed by atoms with van der Waals surface area (Å²) in [6, 6.07) is 3.53. The highest BCUT2D eigenvalue weighted by molar-refractivity contribution is 6.32. The van der Waals surface area contributed by atoms with Crippen LogP contribution >= 0.6 is 11.6 Å². The molecule has 40 heavy (non-hydrogen) atoms. The van der Waals surface area contributed by atoms with E-state index in [4.69, 9.17) is 22.1 Å². The lowest BCUT2D eigenvalue weighted by atomic mass is 10.0. The summed E-state index contributed by atoms with van der Waals surface area (Å²) >= 11 is 5.96. The molecule has 0 saturated carbocycles. The summed E-state index contributed by atoms with van der Waals surface area (Å²) in [6.07, 6.45) is 1.01. The number of piperazine rings is 1. The van der Waals surface area contributed by atoms with Crippen molar-refractivity contribution < 1.29 is 17.9 Å². The Labute approximate surface area is 240 Å². The molecule has 222 valence electrons. The summed E-state index contributed by atoms with van der Waals surface area (Å²) in [4.78, 5) is 15.4. The molecule has 2 atom stereocenters. The number of rotatable bonds is 3. The van der Waals surface area contributed by atoms with E-state index in [-0.39, 0.29) is 23.9 Å². The van der Waals surface area contributed by atoms with Gasteiger partial charge in [-0.3, -0.25) is 0 Å². The van der Waals surface area contributed by atoms with Gasteiger partial charge in [-0.15, -0.1) is 0 Å². The standard InChI is InChI=1S/C21H24ClF3N6O.C5H11N.C2H6/c1-32-20-28-16-10-30(17-7-11(26)6-15(22)18(17)21(23,24)25)5-4-14(16)19(29-20)31-8-12-2-3-13(9-31)27-12;1-6-4-2-3-5-6;1-2/h6-7,12-13,27H,2-5,8-10,26H2,1H3;2-5H2,1H3;1-2H3. The van der Waals surface area contributed by atoms with Crippen LogP contribution in [0, 0.1) is 0 Å². The number of nitrogens with zero attached hydrogens (tertiary/aromatic N) is 5. The summed E-state index contributed by atoms with van der Waals surface area (Å²) in [5.41, 5.74) is 6.73. The molecule has 8 nitrogen and oxygen atoms in total. The zero-order valence-electron chi connectivity index (χ0n) is 23.8. The highest BCUT2D eigenvalue weighted by Crippen LogP contribution is 2.44. The van der Waals surface area contributed by atoms with Crippen LogP contribution in [0.4, 0.5) is 30.4 Å². The number of nitrogens with one attached hydrogen (secondary N) is 1. The number of methoxy groups -OCH3 is 1. The molecule has 2 unspecified atom stereocenters. The molecule has 0 radical (unpaired) electrons. The van der Waals surface area contributed by atoms with Crippen LogP contribution in [-0.2, 0) is 19.1 Å². The molecule has 0 aliphatic carbocycles. The Hall–Kier alpha value is -2.50. The van der Waals surface area contributed by atoms with Crippen molar-refractivity contribution in [2.24, 2.45) is 0 Å². The zero-order valence-corrected chi connectivity index (χ0v) is 24.6. The smallest absolute Gasteiger partial charge is 0.419 e. The van der Waals surface area contributed by atoms with Crippen molar-refractivity contribution >= 4 is 28.8 Å². The molecule has 2 aromatic rings. The molecule has 4 aliphatic rings. The van der Waals surface area contributed by atoms with Crippen LogP contribution in [0.3, 0.4) is 0 Å². The topological polar surface area (TPSA) is 82.8 Å². The fourth-order valence-electron chi connectivity index (χ4n) is 5.93. The van der Waals surface area contributed by atoms with Gasteiger partial charge in [0.15, 0.2) is 0 Å². The Kier molecular flexibility index (Phi) is 9.89. The van der Waals surface area contributed by atoms with E-state index in [0.29, 0.717) is 30.7 Å². The normalized spacial score (nSPS) is 22.2. The number of likely N-dealkylation sites (tertiary alicyclic amines) is 1. The second kappa shape index (κ2) is 13.0. The van der Waals surface area contributed by atoms with Crippen molar-refractivity contribution in [1.82, 2.24) is 20.2 Å². The molecule has 12 heteroatoms. The number of nitrogens with two attached hydrogens (primary N) is 1. The van der Waals surface area contributed by atoms with Crippen LogP contribution in [0.1, 0.15) is 56.4 Å². The minimum atomic E-state index is -4.60. The molecule has 6 rings (SSSR count). The molecule has 5 heterocycles. The average Bonchev–Trinajstić information content (AvgIpc) is 3.54. The molecule has 3 saturated heterocycles. The van der Waals surface area contributed by atoms with Crippen molar-refractivity contribution in [2.45, 2.75) is 70.8 Å². The van der Waals surface area contributed by atoms with Crippen LogP contribution in [0.2, 0.25) is 5.02 Å². The molecule has 2 bridgehead atoms. The second-order valence-electron chi connectivity index (χ2n) is 10.6. The van der Waals surface area contributed by atoms with Gasteiger partial charge in [-0.1, -0.05) is 25.4 Å². The van der Waals surface area contributed by atoms with Crippen molar-refractivity contribution in [3.63, 3.8) is 0 Å². The lowest BCUT2D eigenvalue weighted by molar-refractivity contribution is -0.137. The Balaban J connectivity index is 0.000000404. The van der Waals surface area contributed by atoms with E-state index in [2.05, 4.69) is 32.1 Å². The number of aromatic nitrogens is 2. The second-order valence-corrected chi connectivity index (χ2v) is 11.0. The highest BCUT2D eigenvalue weighted by Gasteiger charge is 2.39. The molecular weight excluding hydrogens is 543 g/mol. The third-order valence-electron chi connectivity index (χ3n) is 7.77. The first-order valence-electron chi connectivity index (χ1n) is 14.2. The van der Waals surface area contributed by atoms with Crippen LogP contribution < -0.4 is 25.6 Å². The van der Waals surface area contributed by atoms with Crippen LogP contribution in [0.25, 0.3) is 0 Å². The van der Waals surface area contributed by atoms with E-state index < -0.39 is 16.8 Å². The number of nitrogen functional groups attached to an aromatic ring is 1. The molecule has 0 amide bonds. The maximum atomic E-state index is 13.8. The van der Waals surface area contributed by atoms with Gasteiger partial charge in [0.2, 0.25) is 0 Å². The third-order valence-corrected chi connectivity index (χ3v) is 8.07. The SMILES string of the molecule is CC.CN1CCCC1.COc1nc2c(c(N3CC4CCC(C3)N4)n1)CCN(c1cc(N)cc(Cl)c1C(F)(F)F)C2. The largest absolute Gasteiger partial charge is 0.467 e. The van der Waals surface area contributed by atoms with Crippen LogP contribution in [0.15, 0.2) is 12.1 Å². The van der Waals surface area contributed by atoms with E-state index in [1.807, 2.05) is 13.8 Å². The van der Waals surface area contributed by atoms with Gasteiger partial charge in [-0.05, 0) is 64.4 Å². The van der Waals surface area contributed by atoms with Gasteiger partial charge in [-0.25, -0.2) is 0 Å². The number of anilines is 3. The summed E-state index contributed by atoms with van der Waals surface area (Å²) in [5, 5.41) is 3.20. The quantitative estimate of drug-likeness (QED) is 0.490. The van der Waals surface area contributed by atoms with E-state index in [1.54, 1.807) is 4.90 Å². The van der Waals surface area contributed by atoms with Crippen molar-refractivity contribution in [2.75, 3.05) is 62.4 Å². The monoisotopic (exact) mass is 583 g/mol. The predicted molar refractivity (Wildman–Crippen MR) is 154 cm³/mol. The number of fused-ring (bicyclic) bond motifs is 3. The summed E-state index contributed by atoms with van der Waals surface area (Å²) < 4.78 is 46.7. The fourth-order valence-corrected chi connectivity index (χ4v) is 6.26. The predicted octanol–water partition coefficient (Wildman–Crippen LogP) is 4.98. The van der Waals surface area contributed by atoms with Gasteiger partial charge in [-0.2, -0.15) is 23.1 Å². The number of benzene rings is 1. The van der Waals surface area contributed by atoms with Gasteiger partial charge in [0.25, 0.3) is 0 Å². The van der Waals surface area contributed by atoms with E-state index in [0.717, 1.165) is 43.4 Å². The van der Waals surface area contributed by atoms with Gasteiger partial charge < -0.3 is 30.5 Å². The summed E-state index contributed by atoms with van der Waals surface area (Å²) in [7, 11) is 3.67. The van der Waals surface area contributed by atoms with Gasteiger partial charge in [0.05, 0.1) is 35.6 Å². The molecule has 3 N–H and O–H groups in total. The maximum absolute atomic E-state index is 13.8. The van der Waals surface area contributed by atoms with Crippen molar-refractivity contribution in [1.29, 1.82) is 0 Å². The first-order chi connectivity index (χ1) is 19.1. The van der Waals surface area contributed by atoms with E-state index in [1.165, 1.54) is 39.1 Å². The Morgan fingerprint density at radius 3 is 2.23 bits per heavy atom. The zero-order chi connectivity index (χ0) is 29.0. The third kappa shape index (κ3) is 6.86. The molecule has 0 spiro atoms. The lowest BCUT2D eigenvalue weighted by Crippen LogP contribution is -2.52. The number of alkyl halides is 3. The van der Waals surface area contributed by atoms with Gasteiger partial charge >= 0.3 is 12.2 Å². The fraction of sp³-hybridized carbons (Fsp3) is 0.643. The van der Waals surface area contributed by atoms with Gasteiger partial charge in [0, 0.05) is 43.0 Å². The molecule has 3 fully saturated rings. The summed E-state index contributed by atoms with van der Waals surface area (Å²) in [5.74, 6) is 0.826. The van der Waals surface area contributed by atoms with Gasteiger partial charge in [0.1, 0.15) is 5.82 Å². The van der Waals surface area contributed by atoms with Crippen molar-refractivity contribution in [3.05, 3.63) is 34.0 Å². The highest BCUT2D eigenvalue weighted by atomic mass is 35.5. The number of ether oxygens (including phenoxy) is 1. The lowest BCUT2D eigenvalue weighted by Gasteiger charge is -2.38. The minimum Gasteiger partial charge on any atom is -0.467 e. The average molecular weight is 584 g/mol. The number of hydrogen-bond acceptors (Lipinski definition) is 8. The number of hydrogen-bond donors (Lipinski definition) is 2.